The molecule has 1 amide bonds. The molecule has 2 bridgehead atoms. The molecule has 0 radical (unpaired) electrons. The van der Waals surface area contributed by atoms with Gasteiger partial charge in [-0.25, -0.2) is 0 Å². The van der Waals surface area contributed by atoms with E-state index in [1.165, 1.54) is 24.8 Å². The predicted octanol–water partition coefficient (Wildman–Crippen LogP) is 2.69. The maximum absolute atomic E-state index is 13.3. The molecule has 0 spiro atoms. The van der Waals surface area contributed by atoms with Crippen molar-refractivity contribution in [2.75, 3.05) is 19.8 Å². The van der Waals surface area contributed by atoms with Crippen LogP contribution >= 0.6 is 0 Å². The summed E-state index contributed by atoms with van der Waals surface area (Å²) in [5, 5.41) is 13.8. The zero-order valence-corrected chi connectivity index (χ0v) is 14.9. The quantitative estimate of drug-likeness (QED) is 0.864. The minimum absolute atomic E-state index is 0.156. The molecule has 25 heavy (non-hydrogen) atoms. The van der Waals surface area contributed by atoms with Crippen LogP contribution < -0.4 is 5.32 Å². The Hall–Kier alpha value is -1.39. The fourth-order valence-corrected chi connectivity index (χ4v) is 5.33. The molecule has 1 heterocycles. The number of carbonyl (C=O) groups excluding carboxylic acids is 1. The summed E-state index contributed by atoms with van der Waals surface area (Å²) >= 11 is 0. The van der Waals surface area contributed by atoms with Gasteiger partial charge in [-0.15, -0.1) is 0 Å². The van der Waals surface area contributed by atoms with Gasteiger partial charge in [0, 0.05) is 32.6 Å². The lowest BCUT2D eigenvalue weighted by molar-refractivity contribution is -0.136. The second-order valence-electron chi connectivity index (χ2n) is 8.42. The third-order valence-corrected chi connectivity index (χ3v) is 6.79. The Bertz CT molecular complexity index is 611. The fourth-order valence-electron chi connectivity index (χ4n) is 5.33. The van der Waals surface area contributed by atoms with Crippen LogP contribution in [0.25, 0.3) is 0 Å². The number of carbonyl (C=O) groups is 1. The van der Waals surface area contributed by atoms with E-state index in [1.807, 2.05) is 6.07 Å². The highest BCUT2D eigenvalue weighted by atomic mass is 16.5. The predicted molar refractivity (Wildman–Crippen MR) is 96.0 cm³/mol. The van der Waals surface area contributed by atoms with Gasteiger partial charge in [-0.05, 0) is 43.1 Å². The van der Waals surface area contributed by atoms with Crippen LogP contribution in [0.3, 0.4) is 0 Å². The van der Waals surface area contributed by atoms with E-state index in [-0.39, 0.29) is 11.3 Å². The van der Waals surface area contributed by atoms with Crippen molar-refractivity contribution >= 4 is 5.91 Å². The molecule has 2 N–H and O–H groups in total. The summed E-state index contributed by atoms with van der Waals surface area (Å²) in [5.74, 6) is 1.34. The van der Waals surface area contributed by atoms with Crippen molar-refractivity contribution < 1.29 is 14.6 Å². The molecule has 0 aromatic heterocycles. The SMILES string of the molecule is O=C(NCC1(O)CCOCC1)C1(Cc2ccccc2)CC2CCC1C2. The van der Waals surface area contributed by atoms with Crippen LogP contribution in [0.1, 0.15) is 44.1 Å². The van der Waals surface area contributed by atoms with Crippen molar-refractivity contribution in [3.63, 3.8) is 0 Å². The van der Waals surface area contributed by atoms with E-state index in [9.17, 15) is 9.90 Å². The second-order valence-corrected chi connectivity index (χ2v) is 8.42. The largest absolute Gasteiger partial charge is 0.388 e. The van der Waals surface area contributed by atoms with Crippen LogP contribution in [-0.2, 0) is 16.0 Å². The molecule has 4 nitrogen and oxygen atoms in total. The molecule has 3 fully saturated rings. The van der Waals surface area contributed by atoms with Crippen LogP contribution in [-0.4, -0.2) is 36.4 Å². The fraction of sp³-hybridized carbons (Fsp3) is 0.667. The first-order valence-corrected chi connectivity index (χ1v) is 9.72. The number of rotatable bonds is 5. The van der Waals surface area contributed by atoms with E-state index < -0.39 is 5.60 Å². The normalized spacial score (nSPS) is 33.3. The zero-order chi connectivity index (χ0) is 17.3. The first-order chi connectivity index (χ1) is 12.1. The molecule has 2 saturated carbocycles. The summed E-state index contributed by atoms with van der Waals surface area (Å²) in [6.45, 7) is 1.50. The summed E-state index contributed by atoms with van der Waals surface area (Å²) in [6, 6.07) is 10.4. The Kier molecular flexibility index (Phi) is 4.59. The lowest BCUT2D eigenvalue weighted by Crippen LogP contribution is -2.52. The van der Waals surface area contributed by atoms with Crippen LogP contribution in [0, 0.1) is 17.3 Å². The molecule has 1 saturated heterocycles. The third-order valence-electron chi connectivity index (χ3n) is 6.79. The van der Waals surface area contributed by atoms with E-state index in [4.69, 9.17) is 4.74 Å². The maximum atomic E-state index is 13.3. The number of hydrogen-bond donors (Lipinski definition) is 2. The first-order valence-electron chi connectivity index (χ1n) is 9.72. The van der Waals surface area contributed by atoms with E-state index >= 15 is 0 Å². The van der Waals surface area contributed by atoms with Crippen molar-refractivity contribution in [2.24, 2.45) is 17.3 Å². The smallest absolute Gasteiger partial charge is 0.226 e. The number of amides is 1. The average Bonchev–Trinajstić information content (AvgIpc) is 3.23. The molecule has 4 heteroatoms. The van der Waals surface area contributed by atoms with Gasteiger partial charge in [-0.1, -0.05) is 36.8 Å². The van der Waals surface area contributed by atoms with Crippen LogP contribution in [0.2, 0.25) is 0 Å². The van der Waals surface area contributed by atoms with Crippen LogP contribution in [0.15, 0.2) is 30.3 Å². The summed E-state index contributed by atoms with van der Waals surface area (Å²) in [6.07, 6.45) is 6.66. The lowest BCUT2D eigenvalue weighted by atomic mass is 9.68. The molecule has 3 aliphatic rings. The summed E-state index contributed by atoms with van der Waals surface area (Å²) in [7, 11) is 0. The number of ether oxygens (including phenoxy) is 1. The lowest BCUT2D eigenvalue weighted by Gasteiger charge is -2.38. The van der Waals surface area contributed by atoms with Crippen LogP contribution in [0.5, 0.6) is 0 Å². The van der Waals surface area contributed by atoms with Gasteiger partial charge >= 0.3 is 0 Å². The van der Waals surface area contributed by atoms with Crippen molar-refractivity contribution in [2.45, 2.75) is 50.5 Å². The Morgan fingerprint density at radius 1 is 1.20 bits per heavy atom. The first kappa shape index (κ1) is 17.0. The Balaban J connectivity index is 1.49. The second kappa shape index (κ2) is 6.73. The van der Waals surface area contributed by atoms with Gasteiger partial charge in [0.05, 0.1) is 11.0 Å². The van der Waals surface area contributed by atoms with Gasteiger partial charge in [-0.2, -0.15) is 0 Å². The topological polar surface area (TPSA) is 58.6 Å². The third kappa shape index (κ3) is 3.34. The van der Waals surface area contributed by atoms with Gasteiger partial charge in [0.15, 0.2) is 0 Å². The summed E-state index contributed by atoms with van der Waals surface area (Å²) in [5.41, 5.74) is 0.153. The van der Waals surface area contributed by atoms with Gasteiger partial charge in [-0.3, -0.25) is 4.79 Å². The van der Waals surface area contributed by atoms with Gasteiger partial charge < -0.3 is 15.2 Å². The van der Waals surface area contributed by atoms with Crippen molar-refractivity contribution in [3.05, 3.63) is 35.9 Å². The molecule has 2 aliphatic carbocycles. The van der Waals surface area contributed by atoms with Gasteiger partial charge in [0.2, 0.25) is 5.91 Å². The monoisotopic (exact) mass is 343 g/mol. The van der Waals surface area contributed by atoms with Gasteiger partial charge in [0.25, 0.3) is 0 Å². The number of nitrogens with one attached hydrogen (secondary N) is 1. The number of benzene rings is 1. The highest BCUT2D eigenvalue weighted by molar-refractivity contribution is 5.84. The number of hydrogen-bond acceptors (Lipinski definition) is 3. The molecular weight excluding hydrogens is 314 g/mol. The minimum atomic E-state index is -0.806. The molecule has 136 valence electrons. The molecule has 4 rings (SSSR count). The maximum Gasteiger partial charge on any atom is 0.226 e. The van der Waals surface area contributed by atoms with Crippen molar-refractivity contribution in [1.82, 2.24) is 5.32 Å². The standard InChI is InChI=1S/C21H29NO3/c23-19(22-15-20(24)8-10-25-11-9-20)21(13-16-4-2-1-3-5-16)14-17-6-7-18(21)12-17/h1-5,17-18,24H,6-15H2,(H,22,23). The molecule has 3 unspecified atom stereocenters. The highest BCUT2D eigenvalue weighted by Crippen LogP contribution is 2.57. The molecule has 1 aliphatic heterocycles. The number of aliphatic hydroxyl groups is 1. The minimum Gasteiger partial charge on any atom is -0.388 e. The summed E-state index contributed by atoms with van der Waals surface area (Å²) in [4.78, 5) is 13.3. The Morgan fingerprint density at radius 3 is 2.60 bits per heavy atom. The van der Waals surface area contributed by atoms with Gasteiger partial charge in [0.1, 0.15) is 0 Å². The molecular formula is C21H29NO3. The van der Waals surface area contributed by atoms with E-state index in [0.29, 0.717) is 44.4 Å². The van der Waals surface area contributed by atoms with Crippen LogP contribution in [0.4, 0.5) is 0 Å². The highest BCUT2D eigenvalue weighted by Gasteiger charge is 2.55. The van der Waals surface area contributed by atoms with Crippen molar-refractivity contribution in [1.29, 1.82) is 0 Å². The Labute approximate surface area is 150 Å². The number of fused-ring (bicyclic) bond motifs is 2. The van der Waals surface area contributed by atoms with E-state index in [1.54, 1.807) is 0 Å². The molecule has 1 aromatic rings. The molecule has 3 atom stereocenters. The zero-order valence-electron chi connectivity index (χ0n) is 14.9. The van der Waals surface area contributed by atoms with Crippen molar-refractivity contribution in [3.8, 4) is 0 Å². The van der Waals surface area contributed by atoms with E-state index in [2.05, 4.69) is 29.6 Å². The van der Waals surface area contributed by atoms with E-state index in [0.717, 1.165) is 12.8 Å². The summed E-state index contributed by atoms with van der Waals surface area (Å²) < 4.78 is 5.34. The molecule has 1 aromatic carbocycles. The average molecular weight is 343 g/mol. The Morgan fingerprint density at radius 2 is 1.96 bits per heavy atom.